The number of nitrogens with zero attached hydrogens (tertiary/aromatic N) is 2. The molecule has 1 aromatic rings. The lowest BCUT2D eigenvalue weighted by Crippen LogP contribution is -2.30. The molecule has 1 aromatic heterocycles. The highest BCUT2D eigenvalue weighted by Gasteiger charge is 2.20. The molecule has 2 heterocycles. The first-order chi connectivity index (χ1) is 9.35. The Kier molecular flexibility index (Phi) is 4.38. The number of nitrogen functional groups attached to an aromatic ring is 1. The molecule has 1 aliphatic heterocycles. The van der Waals surface area contributed by atoms with E-state index in [-0.39, 0.29) is 5.60 Å². The van der Waals surface area contributed by atoms with Crippen LogP contribution in [0, 0.1) is 0 Å². The molecule has 0 saturated carbocycles. The van der Waals surface area contributed by atoms with Crippen molar-refractivity contribution in [2.24, 2.45) is 0 Å². The molecule has 0 amide bonds. The second-order valence-corrected chi connectivity index (χ2v) is 6.29. The molecule has 1 saturated heterocycles. The minimum absolute atomic E-state index is 0.298. The third-order valence-corrected chi connectivity index (χ3v) is 3.17. The van der Waals surface area contributed by atoms with E-state index in [9.17, 15) is 0 Å². The summed E-state index contributed by atoms with van der Waals surface area (Å²) in [6, 6.07) is 3.76. The van der Waals surface area contributed by atoms with Crippen LogP contribution in [0.3, 0.4) is 0 Å². The summed E-state index contributed by atoms with van der Waals surface area (Å²) < 4.78 is 11.5. The molecule has 2 rings (SSSR count). The summed E-state index contributed by atoms with van der Waals surface area (Å²) in [7, 11) is 2.01. The summed E-state index contributed by atoms with van der Waals surface area (Å²) >= 11 is 0. The van der Waals surface area contributed by atoms with E-state index in [2.05, 4.69) is 9.88 Å². The van der Waals surface area contributed by atoms with Crippen molar-refractivity contribution in [3.63, 3.8) is 0 Å². The maximum Gasteiger partial charge on any atom is 0.239 e. The van der Waals surface area contributed by atoms with Crippen LogP contribution in [-0.4, -0.2) is 36.9 Å². The first-order valence-electron chi connectivity index (χ1n) is 7.13. The lowest BCUT2D eigenvalue weighted by atomic mass is 10.2. The standard InChI is InChI=1S/C15H25N3O2/c1-15(2,3)20-14-12(16)7-8-13(17-14)18(4)10-11-6-5-9-19-11/h7-8,11H,5-6,9-10,16H2,1-4H3. The molecule has 5 nitrogen and oxygen atoms in total. The Balaban J connectivity index is 2.09. The van der Waals surface area contributed by atoms with E-state index in [1.165, 1.54) is 0 Å². The SMILES string of the molecule is CN(CC1CCCO1)c1ccc(N)c(OC(C)(C)C)n1. The van der Waals surface area contributed by atoms with Crippen LogP contribution in [0.1, 0.15) is 33.6 Å². The van der Waals surface area contributed by atoms with Gasteiger partial charge in [-0.25, -0.2) is 0 Å². The summed E-state index contributed by atoms with van der Waals surface area (Å²) in [5, 5.41) is 0. The fraction of sp³-hybridized carbons (Fsp3) is 0.667. The molecule has 112 valence electrons. The highest BCUT2D eigenvalue weighted by atomic mass is 16.5. The average Bonchev–Trinajstić information content (AvgIpc) is 2.83. The maximum atomic E-state index is 5.93. The second-order valence-electron chi connectivity index (χ2n) is 6.29. The number of aromatic nitrogens is 1. The van der Waals surface area contributed by atoms with Crippen molar-refractivity contribution in [2.75, 3.05) is 30.8 Å². The van der Waals surface area contributed by atoms with Crippen molar-refractivity contribution < 1.29 is 9.47 Å². The Morgan fingerprint density at radius 2 is 2.20 bits per heavy atom. The molecule has 1 unspecified atom stereocenters. The van der Waals surface area contributed by atoms with Gasteiger partial charge in [0.2, 0.25) is 5.88 Å². The average molecular weight is 279 g/mol. The van der Waals surface area contributed by atoms with Crippen LogP contribution in [0.15, 0.2) is 12.1 Å². The number of rotatable bonds is 4. The lowest BCUT2D eigenvalue weighted by molar-refractivity contribution is 0.116. The molecule has 0 bridgehead atoms. The summed E-state index contributed by atoms with van der Waals surface area (Å²) in [4.78, 5) is 6.61. The van der Waals surface area contributed by atoms with Gasteiger partial charge >= 0.3 is 0 Å². The monoisotopic (exact) mass is 279 g/mol. The highest BCUT2D eigenvalue weighted by molar-refractivity contribution is 5.54. The molecular weight excluding hydrogens is 254 g/mol. The van der Waals surface area contributed by atoms with E-state index in [1.807, 2.05) is 40.0 Å². The molecule has 0 spiro atoms. The smallest absolute Gasteiger partial charge is 0.239 e. The van der Waals surface area contributed by atoms with Gasteiger partial charge in [-0.15, -0.1) is 0 Å². The first-order valence-corrected chi connectivity index (χ1v) is 7.13. The van der Waals surface area contributed by atoms with E-state index >= 15 is 0 Å². The third-order valence-electron chi connectivity index (χ3n) is 3.17. The molecule has 1 atom stereocenters. The fourth-order valence-electron chi connectivity index (χ4n) is 2.21. The van der Waals surface area contributed by atoms with Crippen molar-refractivity contribution in [2.45, 2.75) is 45.3 Å². The number of likely N-dealkylation sites (N-methyl/N-ethyl adjacent to an activating group) is 1. The summed E-state index contributed by atoms with van der Waals surface area (Å²) in [6.45, 7) is 7.66. The topological polar surface area (TPSA) is 60.6 Å². The van der Waals surface area contributed by atoms with Crippen LogP contribution in [0.25, 0.3) is 0 Å². The Morgan fingerprint density at radius 3 is 2.80 bits per heavy atom. The zero-order valence-corrected chi connectivity index (χ0v) is 12.8. The Labute approximate surface area is 121 Å². The fourth-order valence-corrected chi connectivity index (χ4v) is 2.21. The number of pyridine rings is 1. The van der Waals surface area contributed by atoms with Gasteiger partial charge in [0.05, 0.1) is 11.8 Å². The maximum absolute atomic E-state index is 5.93. The molecule has 0 aliphatic carbocycles. The van der Waals surface area contributed by atoms with E-state index < -0.39 is 0 Å². The Morgan fingerprint density at radius 1 is 1.45 bits per heavy atom. The van der Waals surface area contributed by atoms with Crippen LogP contribution in [0.5, 0.6) is 5.88 Å². The van der Waals surface area contributed by atoms with Crippen molar-refractivity contribution in [1.29, 1.82) is 0 Å². The zero-order chi connectivity index (χ0) is 14.8. The summed E-state index contributed by atoms with van der Waals surface area (Å²) in [5.41, 5.74) is 6.18. The van der Waals surface area contributed by atoms with Gasteiger partial charge in [0.15, 0.2) is 0 Å². The minimum Gasteiger partial charge on any atom is -0.470 e. The number of anilines is 2. The summed E-state index contributed by atoms with van der Waals surface area (Å²) in [6.07, 6.45) is 2.56. The van der Waals surface area contributed by atoms with Crippen molar-refractivity contribution in [3.8, 4) is 5.88 Å². The predicted molar refractivity (Wildman–Crippen MR) is 81.3 cm³/mol. The van der Waals surface area contributed by atoms with Gasteiger partial charge in [0, 0.05) is 20.2 Å². The molecule has 2 N–H and O–H groups in total. The second kappa shape index (κ2) is 5.87. The van der Waals surface area contributed by atoms with Crippen LogP contribution in [0.2, 0.25) is 0 Å². The molecular formula is C15H25N3O2. The molecule has 20 heavy (non-hydrogen) atoms. The van der Waals surface area contributed by atoms with E-state index in [4.69, 9.17) is 15.2 Å². The molecule has 5 heteroatoms. The Hall–Kier alpha value is -1.49. The quantitative estimate of drug-likeness (QED) is 0.917. The minimum atomic E-state index is -0.313. The van der Waals surface area contributed by atoms with Crippen LogP contribution in [-0.2, 0) is 4.74 Å². The summed E-state index contributed by atoms with van der Waals surface area (Å²) in [5.74, 6) is 1.35. The molecule has 1 fully saturated rings. The lowest BCUT2D eigenvalue weighted by Gasteiger charge is -2.25. The number of ether oxygens (including phenoxy) is 2. The van der Waals surface area contributed by atoms with Crippen molar-refractivity contribution in [3.05, 3.63) is 12.1 Å². The first kappa shape index (κ1) is 14.9. The zero-order valence-electron chi connectivity index (χ0n) is 12.8. The van der Waals surface area contributed by atoms with Gasteiger partial charge in [-0.1, -0.05) is 0 Å². The third kappa shape index (κ3) is 4.00. The molecule has 0 radical (unpaired) electrons. The molecule has 0 aromatic carbocycles. The number of nitrogens with two attached hydrogens (primary N) is 1. The van der Waals surface area contributed by atoms with E-state index in [0.717, 1.165) is 31.8 Å². The Bertz CT molecular complexity index is 451. The van der Waals surface area contributed by atoms with Crippen LogP contribution >= 0.6 is 0 Å². The number of hydrogen-bond donors (Lipinski definition) is 1. The van der Waals surface area contributed by atoms with Crippen molar-refractivity contribution in [1.82, 2.24) is 4.98 Å². The van der Waals surface area contributed by atoms with Crippen molar-refractivity contribution >= 4 is 11.5 Å². The van der Waals surface area contributed by atoms with Gasteiger partial charge in [0.25, 0.3) is 0 Å². The van der Waals surface area contributed by atoms with Gasteiger partial charge in [-0.2, -0.15) is 4.98 Å². The van der Waals surface area contributed by atoms with E-state index in [0.29, 0.717) is 17.7 Å². The van der Waals surface area contributed by atoms with E-state index in [1.54, 1.807) is 0 Å². The number of hydrogen-bond acceptors (Lipinski definition) is 5. The highest BCUT2D eigenvalue weighted by Crippen LogP contribution is 2.26. The molecule has 1 aliphatic rings. The largest absolute Gasteiger partial charge is 0.470 e. The van der Waals surface area contributed by atoms with Crippen LogP contribution in [0.4, 0.5) is 11.5 Å². The predicted octanol–water partition coefficient (Wildman–Crippen LogP) is 2.46. The normalized spacial score (nSPS) is 19.1. The van der Waals surface area contributed by atoms with Gasteiger partial charge in [-0.05, 0) is 45.7 Å². The van der Waals surface area contributed by atoms with Crippen LogP contribution < -0.4 is 15.4 Å². The van der Waals surface area contributed by atoms with Gasteiger partial charge < -0.3 is 20.1 Å². The van der Waals surface area contributed by atoms with Gasteiger partial charge in [-0.3, -0.25) is 0 Å². The van der Waals surface area contributed by atoms with Gasteiger partial charge in [0.1, 0.15) is 11.4 Å².